The molecule has 21 heavy (non-hydrogen) atoms. The zero-order chi connectivity index (χ0) is 15.1. The first kappa shape index (κ1) is 14.8. The van der Waals surface area contributed by atoms with Crippen LogP contribution in [-0.4, -0.2) is 36.3 Å². The quantitative estimate of drug-likeness (QED) is 0.789. The van der Waals surface area contributed by atoms with Gasteiger partial charge in [-0.3, -0.25) is 4.79 Å². The van der Waals surface area contributed by atoms with Crippen LogP contribution >= 0.6 is 0 Å². The standard InChI is InChI=1S/C15H18N4O2/c1-11-3-8-14(19-18-11)16-9-10-17-15(20)12-4-6-13(21-2)7-5-12/h3-8H,9-10H2,1-2H3,(H,16,19)(H,17,20). The molecule has 0 saturated carbocycles. The number of nitrogens with one attached hydrogen (secondary N) is 2. The number of benzene rings is 1. The minimum absolute atomic E-state index is 0.116. The number of ether oxygens (including phenoxy) is 1. The largest absolute Gasteiger partial charge is 0.497 e. The van der Waals surface area contributed by atoms with Gasteiger partial charge in [-0.1, -0.05) is 0 Å². The molecule has 2 aromatic rings. The van der Waals surface area contributed by atoms with Crippen LogP contribution in [0.1, 0.15) is 16.1 Å². The molecule has 0 radical (unpaired) electrons. The lowest BCUT2D eigenvalue weighted by molar-refractivity contribution is 0.0955. The van der Waals surface area contributed by atoms with Gasteiger partial charge in [-0.15, -0.1) is 5.10 Å². The molecule has 2 N–H and O–H groups in total. The van der Waals surface area contributed by atoms with Gasteiger partial charge in [-0.05, 0) is 43.3 Å². The fourth-order valence-electron chi connectivity index (χ4n) is 1.70. The van der Waals surface area contributed by atoms with Crippen molar-refractivity contribution >= 4 is 11.7 Å². The highest BCUT2D eigenvalue weighted by Crippen LogP contribution is 2.10. The van der Waals surface area contributed by atoms with Crippen molar-refractivity contribution in [2.75, 3.05) is 25.5 Å². The Morgan fingerprint density at radius 2 is 1.86 bits per heavy atom. The van der Waals surface area contributed by atoms with Gasteiger partial charge in [0.25, 0.3) is 5.91 Å². The zero-order valence-corrected chi connectivity index (χ0v) is 12.1. The molecule has 0 aliphatic heterocycles. The molecule has 0 fully saturated rings. The molecule has 0 aliphatic rings. The molecule has 1 aromatic heterocycles. The van der Waals surface area contributed by atoms with Gasteiger partial charge >= 0.3 is 0 Å². The highest BCUT2D eigenvalue weighted by Gasteiger charge is 2.04. The number of hydrogen-bond donors (Lipinski definition) is 2. The second-order valence-electron chi connectivity index (χ2n) is 4.47. The molecule has 6 heteroatoms. The van der Waals surface area contributed by atoms with Crippen LogP contribution in [0, 0.1) is 6.92 Å². The predicted octanol–water partition coefficient (Wildman–Crippen LogP) is 1.64. The lowest BCUT2D eigenvalue weighted by Crippen LogP contribution is -2.28. The number of aromatic nitrogens is 2. The van der Waals surface area contributed by atoms with Crippen molar-refractivity contribution in [2.24, 2.45) is 0 Å². The maximum absolute atomic E-state index is 11.9. The van der Waals surface area contributed by atoms with E-state index in [0.29, 0.717) is 24.5 Å². The number of amides is 1. The molecule has 0 spiro atoms. The number of methoxy groups -OCH3 is 1. The summed E-state index contributed by atoms with van der Waals surface area (Å²) in [6.45, 7) is 2.96. The molecule has 0 atom stereocenters. The maximum atomic E-state index is 11.9. The van der Waals surface area contributed by atoms with E-state index < -0.39 is 0 Å². The molecule has 2 rings (SSSR count). The van der Waals surface area contributed by atoms with Crippen LogP contribution in [0.5, 0.6) is 5.75 Å². The molecular weight excluding hydrogens is 268 g/mol. The van der Waals surface area contributed by atoms with E-state index in [-0.39, 0.29) is 5.91 Å². The highest BCUT2D eigenvalue weighted by atomic mass is 16.5. The summed E-state index contributed by atoms with van der Waals surface area (Å²) in [5.41, 5.74) is 1.47. The number of carbonyl (C=O) groups excluding carboxylic acids is 1. The molecular formula is C15H18N4O2. The molecule has 1 heterocycles. The summed E-state index contributed by atoms with van der Waals surface area (Å²) in [6, 6.07) is 10.7. The van der Waals surface area contributed by atoms with Gasteiger partial charge in [0, 0.05) is 18.7 Å². The van der Waals surface area contributed by atoms with Crippen LogP contribution in [0.4, 0.5) is 5.82 Å². The van der Waals surface area contributed by atoms with E-state index in [4.69, 9.17) is 4.74 Å². The molecule has 0 bridgehead atoms. The first-order valence-corrected chi connectivity index (χ1v) is 6.65. The Morgan fingerprint density at radius 1 is 1.10 bits per heavy atom. The summed E-state index contributed by atoms with van der Waals surface area (Å²) in [6.07, 6.45) is 0. The Hall–Kier alpha value is -2.63. The van der Waals surface area contributed by atoms with Crippen molar-refractivity contribution in [3.63, 3.8) is 0 Å². The third kappa shape index (κ3) is 4.45. The minimum atomic E-state index is -0.116. The summed E-state index contributed by atoms with van der Waals surface area (Å²) in [5.74, 6) is 1.31. The summed E-state index contributed by atoms with van der Waals surface area (Å²) in [4.78, 5) is 11.9. The number of aryl methyl sites for hydroxylation is 1. The van der Waals surface area contributed by atoms with E-state index in [1.54, 1.807) is 31.4 Å². The molecule has 1 amide bonds. The maximum Gasteiger partial charge on any atom is 0.251 e. The van der Waals surface area contributed by atoms with Crippen LogP contribution in [0.15, 0.2) is 36.4 Å². The van der Waals surface area contributed by atoms with Gasteiger partial charge < -0.3 is 15.4 Å². The van der Waals surface area contributed by atoms with Gasteiger partial charge in [-0.25, -0.2) is 0 Å². The second kappa shape index (κ2) is 7.23. The smallest absolute Gasteiger partial charge is 0.251 e. The van der Waals surface area contributed by atoms with E-state index in [2.05, 4.69) is 20.8 Å². The Bertz CT molecular complexity index is 582. The SMILES string of the molecule is COc1ccc(C(=O)NCCNc2ccc(C)nn2)cc1. The van der Waals surface area contributed by atoms with E-state index in [1.807, 2.05) is 19.1 Å². The number of rotatable bonds is 6. The average molecular weight is 286 g/mol. The Labute approximate surface area is 123 Å². The van der Waals surface area contributed by atoms with Crippen LogP contribution in [0.3, 0.4) is 0 Å². The minimum Gasteiger partial charge on any atom is -0.497 e. The molecule has 1 aromatic carbocycles. The normalized spacial score (nSPS) is 10.0. The first-order chi connectivity index (χ1) is 10.2. The molecule has 6 nitrogen and oxygen atoms in total. The zero-order valence-electron chi connectivity index (χ0n) is 12.1. The summed E-state index contributed by atoms with van der Waals surface area (Å²) in [7, 11) is 1.59. The van der Waals surface area contributed by atoms with Crippen LogP contribution < -0.4 is 15.4 Å². The van der Waals surface area contributed by atoms with Gasteiger partial charge in [0.1, 0.15) is 11.6 Å². The fraction of sp³-hybridized carbons (Fsp3) is 0.267. The highest BCUT2D eigenvalue weighted by molar-refractivity contribution is 5.94. The molecule has 0 unspecified atom stereocenters. The Balaban J connectivity index is 1.74. The monoisotopic (exact) mass is 286 g/mol. The van der Waals surface area contributed by atoms with Gasteiger partial charge in [-0.2, -0.15) is 5.10 Å². The number of hydrogen-bond acceptors (Lipinski definition) is 5. The van der Waals surface area contributed by atoms with Gasteiger partial charge in [0.15, 0.2) is 0 Å². The number of nitrogens with zero attached hydrogens (tertiary/aromatic N) is 2. The predicted molar refractivity (Wildman–Crippen MR) is 80.6 cm³/mol. The average Bonchev–Trinajstić information content (AvgIpc) is 2.53. The summed E-state index contributed by atoms with van der Waals surface area (Å²) in [5, 5.41) is 13.8. The Kier molecular flexibility index (Phi) is 5.09. The summed E-state index contributed by atoms with van der Waals surface area (Å²) < 4.78 is 5.05. The lowest BCUT2D eigenvalue weighted by Gasteiger charge is -2.07. The third-order valence-electron chi connectivity index (χ3n) is 2.87. The third-order valence-corrected chi connectivity index (χ3v) is 2.87. The van der Waals surface area contributed by atoms with Crippen LogP contribution in [0.25, 0.3) is 0 Å². The Morgan fingerprint density at radius 3 is 2.48 bits per heavy atom. The first-order valence-electron chi connectivity index (χ1n) is 6.65. The fourth-order valence-corrected chi connectivity index (χ4v) is 1.70. The van der Waals surface area contributed by atoms with Crippen molar-refractivity contribution in [2.45, 2.75) is 6.92 Å². The number of carbonyl (C=O) groups is 1. The van der Waals surface area contributed by atoms with Gasteiger partial charge in [0.05, 0.1) is 12.8 Å². The van der Waals surface area contributed by atoms with Crippen molar-refractivity contribution in [1.29, 1.82) is 0 Å². The molecule has 0 aliphatic carbocycles. The van der Waals surface area contributed by atoms with E-state index in [0.717, 1.165) is 11.4 Å². The number of anilines is 1. The summed E-state index contributed by atoms with van der Waals surface area (Å²) >= 11 is 0. The van der Waals surface area contributed by atoms with Crippen molar-refractivity contribution < 1.29 is 9.53 Å². The molecule has 0 saturated heterocycles. The second-order valence-corrected chi connectivity index (χ2v) is 4.47. The van der Waals surface area contributed by atoms with Crippen LogP contribution in [-0.2, 0) is 0 Å². The van der Waals surface area contributed by atoms with E-state index in [9.17, 15) is 4.79 Å². The van der Waals surface area contributed by atoms with Crippen molar-refractivity contribution in [3.8, 4) is 5.75 Å². The van der Waals surface area contributed by atoms with Gasteiger partial charge in [0.2, 0.25) is 0 Å². The van der Waals surface area contributed by atoms with Crippen molar-refractivity contribution in [1.82, 2.24) is 15.5 Å². The van der Waals surface area contributed by atoms with Crippen molar-refractivity contribution in [3.05, 3.63) is 47.7 Å². The topological polar surface area (TPSA) is 76.1 Å². The van der Waals surface area contributed by atoms with E-state index in [1.165, 1.54) is 0 Å². The van der Waals surface area contributed by atoms with Crippen LogP contribution in [0.2, 0.25) is 0 Å². The van der Waals surface area contributed by atoms with E-state index >= 15 is 0 Å². The lowest BCUT2D eigenvalue weighted by atomic mass is 10.2. The molecule has 110 valence electrons.